The van der Waals surface area contributed by atoms with Gasteiger partial charge in [-0.15, -0.1) is 11.6 Å². The van der Waals surface area contributed by atoms with Gasteiger partial charge in [-0.25, -0.2) is 0 Å². The lowest BCUT2D eigenvalue weighted by Gasteiger charge is -2.12. The van der Waals surface area contributed by atoms with Gasteiger partial charge < -0.3 is 5.32 Å². The van der Waals surface area contributed by atoms with Crippen molar-refractivity contribution in [1.29, 1.82) is 0 Å². The highest BCUT2D eigenvalue weighted by Crippen LogP contribution is 2.28. The van der Waals surface area contributed by atoms with E-state index < -0.39 is 0 Å². The second kappa shape index (κ2) is 6.37. The van der Waals surface area contributed by atoms with Crippen molar-refractivity contribution in [3.63, 3.8) is 0 Å². The highest BCUT2D eigenvalue weighted by atomic mass is 35.5. The molecule has 0 radical (unpaired) electrons. The Morgan fingerprint density at radius 1 is 1.53 bits per heavy atom. The van der Waals surface area contributed by atoms with Gasteiger partial charge in [-0.05, 0) is 31.1 Å². The minimum atomic E-state index is 0.197. The maximum Gasteiger partial charge on any atom is 0.220 e. The molecule has 2 nitrogen and oxygen atoms in total. The molecule has 0 spiro atoms. The second-order valence-electron chi connectivity index (χ2n) is 4.80. The van der Waals surface area contributed by atoms with Gasteiger partial charge in [-0.2, -0.15) is 0 Å². The number of halogens is 1. The monoisotopic (exact) mass is 231 g/mol. The average molecular weight is 232 g/mol. The van der Waals surface area contributed by atoms with Gasteiger partial charge in [-0.3, -0.25) is 4.79 Å². The van der Waals surface area contributed by atoms with Crippen molar-refractivity contribution in [2.24, 2.45) is 11.8 Å². The zero-order chi connectivity index (χ0) is 11.3. The van der Waals surface area contributed by atoms with Gasteiger partial charge >= 0.3 is 0 Å². The summed E-state index contributed by atoms with van der Waals surface area (Å²) in [6.45, 7) is 5.05. The van der Waals surface area contributed by atoms with Crippen molar-refractivity contribution in [3.8, 4) is 0 Å². The molecule has 1 rings (SSSR count). The molecule has 3 heteroatoms. The molecule has 15 heavy (non-hydrogen) atoms. The topological polar surface area (TPSA) is 29.1 Å². The molecule has 1 saturated carbocycles. The number of carbonyl (C=O) groups is 1. The lowest BCUT2D eigenvalue weighted by atomic mass is 10.0. The van der Waals surface area contributed by atoms with Crippen LogP contribution < -0.4 is 5.32 Å². The third-order valence-corrected chi connectivity index (χ3v) is 3.69. The Kier molecular flexibility index (Phi) is 5.44. The summed E-state index contributed by atoms with van der Waals surface area (Å²) in [6, 6.07) is 0. The summed E-state index contributed by atoms with van der Waals surface area (Å²) in [5.74, 6) is 1.30. The van der Waals surface area contributed by atoms with Crippen LogP contribution in [-0.4, -0.2) is 17.8 Å². The fourth-order valence-electron chi connectivity index (χ4n) is 1.99. The van der Waals surface area contributed by atoms with E-state index in [9.17, 15) is 4.79 Å². The van der Waals surface area contributed by atoms with E-state index in [0.29, 0.717) is 23.6 Å². The molecule has 0 saturated heterocycles. The van der Waals surface area contributed by atoms with E-state index in [1.165, 1.54) is 0 Å². The molecule has 0 aliphatic heterocycles. The van der Waals surface area contributed by atoms with Crippen molar-refractivity contribution < 1.29 is 4.79 Å². The third kappa shape index (κ3) is 4.87. The number of nitrogens with one attached hydrogen (secondary N) is 1. The molecular weight excluding hydrogens is 210 g/mol. The lowest BCUT2D eigenvalue weighted by Crippen LogP contribution is -2.29. The Morgan fingerprint density at radius 2 is 2.27 bits per heavy atom. The predicted octanol–water partition coefficient (Wildman–Crippen LogP) is 2.95. The van der Waals surface area contributed by atoms with Crippen molar-refractivity contribution in [3.05, 3.63) is 0 Å². The van der Waals surface area contributed by atoms with Crippen LogP contribution in [0, 0.1) is 11.8 Å². The quantitative estimate of drug-likeness (QED) is 0.725. The first-order valence-electron chi connectivity index (χ1n) is 6.02. The van der Waals surface area contributed by atoms with Gasteiger partial charge in [0.15, 0.2) is 0 Å². The fourth-order valence-corrected chi connectivity index (χ4v) is 2.37. The van der Waals surface area contributed by atoms with Gasteiger partial charge in [-0.1, -0.05) is 20.3 Å². The number of alkyl halides is 1. The maximum absolute atomic E-state index is 11.5. The molecule has 1 aliphatic rings. The van der Waals surface area contributed by atoms with Crippen molar-refractivity contribution in [1.82, 2.24) is 5.32 Å². The lowest BCUT2D eigenvalue weighted by molar-refractivity contribution is -0.122. The third-order valence-electron chi connectivity index (χ3n) is 3.30. The number of hydrogen-bond acceptors (Lipinski definition) is 1. The van der Waals surface area contributed by atoms with Gasteiger partial charge in [0.1, 0.15) is 0 Å². The molecule has 0 aromatic carbocycles. The van der Waals surface area contributed by atoms with E-state index in [4.69, 9.17) is 11.6 Å². The van der Waals surface area contributed by atoms with Gasteiger partial charge in [0, 0.05) is 18.3 Å². The zero-order valence-corrected chi connectivity index (χ0v) is 10.5. The van der Waals surface area contributed by atoms with E-state index in [1.807, 2.05) is 0 Å². The molecule has 1 amide bonds. The standard InChI is InChI=1S/C12H22ClNO/c1-3-9(2)6-12(15)14-8-10-4-5-11(13)7-10/h9-11H,3-8H2,1-2H3,(H,14,15). The first kappa shape index (κ1) is 12.8. The maximum atomic E-state index is 11.5. The molecule has 88 valence electrons. The molecule has 3 unspecified atom stereocenters. The van der Waals surface area contributed by atoms with Crippen LogP contribution in [0.2, 0.25) is 0 Å². The van der Waals surface area contributed by atoms with Crippen molar-refractivity contribution in [2.45, 2.75) is 51.3 Å². The normalized spacial score (nSPS) is 27.7. The first-order valence-corrected chi connectivity index (χ1v) is 6.46. The van der Waals surface area contributed by atoms with Gasteiger partial charge in [0.05, 0.1) is 0 Å². The number of carbonyl (C=O) groups excluding carboxylic acids is 1. The van der Waals surface area contributed by atoms with Crippen LogP contribution >= 0.6 is 11.6 Å². The average Bonchev–Trinajstić information content (AvgIpc) is 2.61. The molecule has 3 atom stereocenters. The summed E-state index contributed by atoms with van der Waals surface area (Å²) >= 11 is 6.02. The summed E-state index contributed by atoms with van der Waals surface area (Å²) < 4.78 is 0. The van der Waals surface area contributed by atoms with Crippen LogP contribution in [0.25, 0.3) is 0 Å². The molecular formula is C12H22ClNO. The zero-order valence-electron chi connectivity index (χ0n) is 9.76. The van der Waals surface area contributed by atoms with Crippen molar-refractivity contribution >= 4 is 17.5 Å². The number of amides is 1. The Balaban J connectivity index is 2.11. The van der Waals surface area contributed by atoms with Crippen LogP contribution in [0.3, 0.4) is 0 Å². The van der Waals surface area contributed by atoms with Gasteiger partial charge in [0.2, 0.25) is 5.91 Å². The van der Waals surface area contributed by atoms with Crippen molar-refractivity contribution in [2.75, 3.05) is 6.54 Å². The van der Waals surface area contributed by atoms with E-state index in [-0.39, 0.29) is 5.91 Å². The summed E-state index contributed by atoms with van der Waals surface area (Å²) in [5.41, 5.74) is 0. The van der Waals surface area contributed by atoms with Crippen LogP contribution in [0.4, 0.5) is 0 Å². The summed E-state index contributed by atoms with van der Waals surface area (Å²) in [6.07, 6.45) is 5.06. The minimum Gasteiger partial charge on any atom is -0.356 e. The molecule has 0 aromatic heterocycles. The molecule has 1 fully saturated rings. The van der Waals surface area contributed by atoms with Gasteiger partial charge in [0.25, 0.3) is 0 Å². The SMILES string of the molecule is CCC(C)CC(=O)NCC1CCC(Cl)C1. The first-order chi connectivity index (χ1) is 7.11. The number of rotatable bonds is 5. The molecule has 0 aromatic rings. The minimum absolute atomic E-state index is 0.197. The van der Waals surface area contributed by atoms with E-state index in [2.05, 4.69) is 19.2 Å². The van der Waals surface area contributed by atoms with Crippen LogP contribution in [0.1, 0.15) is 46.0 Å². The Hall–Kier alpha value is -0.240. The van der Waals surface area contributed by atoms with E-state index >= 15 is 0 Å². The second-order valence-corrected chi connectivity index (χ2v) is 5.42. The summed E-state index contributed by atoms with van der Waals surface area (Å²) in [4.78, 5) is 11.5. The Morgan fingerprint density at radius 3 is 2.80 bits per heavy atom. The highest BCUT2D eigenvalue weighted by molar-refractivity contribution is 6.20. The molecule has 1 N–H and O–H groups in total. The predicted molar refractivity (Wildman–Crippen MR) is 64.1 cm³/mol. The summed E-state index contributed by atoms with van der Waals surface area (Å²) in [5, 5.41) is 3.35. The molecule has 0 bridgehead atoms. The van der Waals surface area contributed by atoms with E-state index in [0.717, 1.165) is 32.2 Å². The van der Waals surface area contributed by atoms with Crippen LogP contribution in [0.15, 0.2) is 0 Å². The molecule has 0 heterocycles. The largest absolute Gasteiger partial charge is 0.356 e. The van der Waals surface area contributed by atoms with Crippen LogP contribution in [0.5, 0.6) is 0 Å². The summed E-state index contributed by atoms with van der Waals surface area (Å²) in [7, 11) is 0. The Bertz CT molecular complexity index is 208. The Labute approximate surface area is 97.8 Å². The molecule has 1 aliphatic carbocycles. The highest BCUT2D eigenvalue weighted by Gasteiger charge is 2.23. The van der Waals surface area contributed by atoms with Crippen LogP contribution in [-0.2, 0) is 4.79 Å². The fraction of sp³-hybridized carbons (Fsp3) is 0.917. The van der Waals surface area contributed by atoms with E-state index in [1.54, 1.807) is 0 Å². The number of hydrogen-bond donors (Lipinski definition) is 1. The smallest absolute Gasteiger partial charge is 0.220 e.